The molecule has 1 nitrogen and oxygen atoms in total. The van der Waals surface area contributed by atoms with Crippen LogP contribution in [0.2, 0.25) is 0 Å². The van der Waals surface area contributed by atoms with Gasteiger partial charge in [0.1, 0.15) is 5.82 Å². The summed E-state index contributed by atoms with van der Waals surface area (Å²) in [6.45, 7) is 3.42. The summed E-state index contributed by atoms with van der Waals surface area (Å²) in [6, 6.07) is 5.00. The number of nitrogens with one attached hydrogen (secondary N) is 1. The van der Waals surface area contributed by atoms with Crippen LogP contribution in [0.15, 0.2) is 22.7 Å². The van der Waals surface area contributed by atoms with E-state index in [1.54, 1.807) is 6.07 Å². The maximum atomic E-state index is 13.1. The summed E-state index contributed by atoms with van der Waals surface area (Å²) in [7, 11) is 0. The second-order valence-electron chi connectivity index (χ2n) is 2.48. The monoisotopic (exact) mass is 231 g/mol. The summed E-state index contributed by atoms with van der Waals surface area (Å²) in [5, 5.41) is 3.08. The molecule has 66 valence electrons. The van der Waals surface area contributed by atoms with Crippen LogP contribution in [0, 0.1) is 5.82 Å². The molecule has 0 radical (unpaired) electrons. The van der Waals surface area contributed by atoms with Crippen molar-refractivity contribution in [1.29, 1.82) is 0 Å². The van der Waals surface area contributed by atoms with E-state index in [1.807, 2.05) is 13.0 Å². The molecule has 1 aromatic carbocycles. The molecule has 0 aromatic heterocycles. The maximum absolute atomic E-state index is 13.1. The van der Waals surface area contributed by atoms with Crippen LogP contribution in [-0.4, -0.2) is 6.54 Å². The van der Waals surface area contributed by atoms with Gasteiger partial charge in [-0.25, -0.2) is 4.39 Å². The van der Waals surface area contributed by atoms with Crippen LogP contribution in [0.3, 0.4) is 0 Å². The Labute approximate surface area is 80.1 Å². The molecule has 0 spiro atoms. The van der Waals surface area contributed by atoms with Crippen LogP contribution >= 0.6 is 15.9 Å². The maximum Gasteiger partial charge on any atom is 0.128 e. The highest BCUT2D eigenvalue weighted by Gasteiger charge is 2.04. The van der Waals surface area contributed by atoms with Gasteiger partial charge in [-0.2, -0.15) is 0 Å². The van der Waals surface area contributed by atoms with Crippen LogP contribution in [-0.2, 0) is 6.54 Å². The van der Waals surface area contributed by atoms with Crippen LogP contribution < -0.4 is 5.32 Å². The Hall–Kier alpha value is -0.410. The first-order chi connectivity index (χ1) is 5.75. The topological polar surface area (TPSA) is 12.0 Å². The molecule has 0 amide bonds. The van der Waals surface area contributed by atoms with E-state index in [9.17, 15) is 4.39 Å². The lowest BCUT2D eigenvalue weighted by Gasteiger charge is -2.05. The zero-order valence-electron chi connectivity index (χ0n) is 6.90. The van der Waals surface area contributed by atoms with Gasteiger partial charge in [0, 0.05) is 16.6 Å². The number of rotatable bonds is 3. The first-order valence-electron chi connectivity index (χ1n) is 3.89. The van der Waals surface area contributed by atoms with E-state index in [2.05, 4.69) is 21.2 Å². The molecule has 1 rings (SSSR count). The first-order valence-corrected chi connectivity index (χ1v) is 4.68. The fourth-order valence-electron chi connectivity index (χ4n) is 0.951. The second kappa shape index (κ2) is 4.58. The van der Waals surface area contributed by atoms with E-state index < -0.39 is 0 Å². The number of halogens is 2. The predicted octanol–water partition coefficient (Wildman–Crippen LogP) is 2.70. The van der Waals surface area contributed by atoms with Gasteiger partial charge in [-0.05, 0) is 18.7 Å². The van der Waals surface area contributed by atoms with E-state index in [-0.39, 0.29) is 5.82 Å². The Morgan fingerprint density at radius 1 is 1.50 bits per heavy atom. The SMILES string of the molecule is CCNCc1c(F)cccc1Br. The minimum Gasteiger partial charge on any atom is -0.313 e. The largest absolute Gasteiger partial charge is 0.313 e. The Kier molecular flexibility index (Phi) is 3.69. The summed E-state index contributed by atoms with van der Waals surface area (Å²) in [5.41, 5.74) is 0.694. The molecular weight excluding hydrogens is 221 g/mol. The molecule has 0 saturated heterocycles. The van der Waals surface area contributed by atoms with Gasteiger partial charge in [-0.3, -0.25) is 0 Å². The van der Waals surface area contributed by atoms with Crippen molar-refractivity contribution in [3.63, 3.8) is 0 Å². The Balaban J connectivity index is 2.81. The lowest BCUT2D eigenvalue weighted by molar-refractivity contribution is 0.591. The molecule has 12 heavy (non-hydrogen) atoms. The molecule has 0 fully saturated rings. The van der Waals surface area contributed by atoms with E-state index >= 15 is 0 Å². The Bertz CT molecular complexity index is 242. The molecule has 0 unspecified atom stereocenters. The highest BCUT2D eigenvalue weighted by Crippen LogP contribution is 2.18. The zero-order chi connectivity index (χ0) is 8.97. The van der Waals surface area contributed by atoms with Crippen molar-refractivity contribution in [1.82, 2.24) is 5.32 Å². The van der Waals surface area contributed by atoms with Crippen LogP contribution in [0.5, 0.6) is 0 Å². The molecule has 0 atom stereocenters. The van der Waals surface area contributed by atoms with Crippen LogP contribution in [0.4, 0.5) is 4.39 Å². The minimum atomic E-state index is -0.162. The predicted molar refractivity (Wildman–Crippen MR) is 51.5 cm³/mol. The number of hydrogen-bond donors (Lipinski definition) is 1. The van der Waals surface area contributed by atoms with Crippen LogP contribution in [0.25, 0.3) is 0 Å². The Morgan fingerprint density at radius 2 is 2.25 bits per heavy atom. The smallest absolute Gasteiger partial charge is 0.128 e. The molecule has 1 aromatic rings. The molecule has 1 N–H and O–H groups in total. The normalized spacial score (nSPS) is 10.2. The van der Waals surface area contributed by atoms with Gasteiger partial charge < -0.3 is 5.32 Å². The van der Waals surface area contributed by atoms with Gasteiger partial charge in [-0.15, -0.1) is 0 Å². The van der Waals surface area contributed by atoms with Crippen molar-refractivity contribution in [2.45, 2.75) is 13.5 Å². The summed E-state index contributed by atoms with van der Waals surface area (Å²) in [6.07, 6.45) is 0. The third kappa shape index (κ3) is 2.29. The summed E-state index contributed by atoms with van der Waals surface area (Å²) in [4.78, 5) is 0. The Morgan fingerprint density at radius 3 is 2.83 bits per heavy atom. The summed E-state index contributed by atoms with van der Waals surface area (Å²) < 4.78 is 13.9. The quantitative estimate of drug-likeness (QED) is 0.844. The fourth-order valence-corrected chi connectivity index (χ4v) is 1.43. The molecular formula is C9H11BrFN. The summed E-state index contributed by atoms with van der Waals surface area (Å²) in [5.74, 6) is -0.162. The van der Waals surface area contributed by atoms with E-state index in [1.165, 1.54) is 6.07 Å². The van der Waals surface area contributed by atoms with Gasteiger partial charge in [0.05, 0.1) is 0 Å². The minimum absolute atomic E-state index is 0.162. The highest BCUT2D eigenvalue weighted by molar-refractivity contribution is 9.10. The van der Waals surface area contributed by atoms with Gasteiger partial charge in [0.15, 0.2) is 0 Å². The van der Waals surface area contributed by atoms with E-state index in [0.717, 1.165) is 11.0 Å². The van der Waals surface area contributed by atoms with Gasteiger partial charge in [0.25, 0.3) is 0 Å². The first kappa shape index (κ1) is 9.68. The van der Waals surface area contributed by atoms with Gasteiger partial charge in [-0.1, -0.05) is 28.9 Å². The van der Waals surface area contributed by atoms with Crippen molar-refractivity contribution in [3.05, 3.63) is 34.1 Å². The lowest BCUT2D eigenvalue weighted by atomic mass is 10.2. The third-order valence-corrected chi connectivity index (χ3v) is 2.36. The second-order valence-corrected chi connectivity index (χ2v) is 3.33. The molecule has 3 heteroatoms. The summed E-state index contributed by atoms with van der Waals surface area (Å²) >= 11 is 3.30. The molecule has 0 saturated carbocycles. The van der Waals surface area contributed by atoms with Gasteiger partial charge >= 0.3 is 0 Å². The van der Waals surface area contributed by atoms with Gasteiger partial charge in [0.2, 0.25) is 0 Å². The molecule has 0 aliphatic carbocycles. The van der Waals surface area contributed by atoms with Crippen molar-refractivity contribution >= 4 is 15.9 Å². The van der Waals surface area contributed by atoms with E-state index in [0.29, 0.717) is 12.1 Å². The molecule has 0 aliphatic heterocycles. The lowest BCUT2D eigenvalue weighted by Crippen LogP contribution is -2.13. The fraction of sp³-hybridized carbons (Fsp3) is 0.333. The third-order valence-electron chi connectivity index (χ3n) is 1.61. The number of benzene rings is 1. The van der Waals surface area contributed by atoms with E-state index in [4.69, 9.17) is 0 Å². The van der Waals surface area contributed by atoms with Crippen molar-refractivity contribution in [3.8, 4) is 0 Å². The molecule has 0 heterocycles. The zero-order valence-corrected chi connectivity index (χ0v) is 8.49. The molecule has 0 aliphatic rings. The highest BCUT2D eigenvalue weighted by atomic mass is 79.9. The van der Waals surface area contributed by atoms with Crippen molar-refractivity contribution in [2.24, 2.45) is 0 Å². The average molecular weight is 232 g/mol. The molecule has 0 bridgehead atoms. The van der Waals surface area contributed by atoms with Crippen molar-refractivity contribution < 1.29 is 4.39 Å². The standard InChI is InChI=1S/C9H11BrFN/c1-2-12-6-7-8(10)4-3-5-9(7)11/h3-5,12H,2,6H2,1H3. The van der Waals surface area contributed by atoms with Crippen LogP contribution in [0.1, 0.15) is 12.5 Å². The van der Waals surface area contributed by atoms with Crippen molar-refractivity contribution in [2.75, 3.05) is 6.54 Å². The number of hydrogen-bond acceptors (Lipinski definition) is 1. The average Bonchev–Trinajstić information content (AvgIpc) is 2.04.